The molecule has 0 aromatic heterocycles. The maximum absolute atomic E-state index is 3.58. The molecule has 4 aromatic carbocycles. The van der Waals surface area contributed by atoms with E-state index in [0.29, 0.717) is 0 Å². The van der Waals surface area contributed by atoms with Crippen molar-refractivity contribution < 1.29 is 0 Å². The lowest BCUT2D eigenvalue weighted by Crippen LogP contribution is -2.39. The van der Waals surface area contributed by atoms with E-state index in [1.165, 1.54) is 28.3 Å². The van der Waals surface area contributed by atoms with E-state index in [1.54, 1.807) is 0 Å². The van der Waals surface area contributed by atoms with Crippen molar-refractivity contribution in [3.05, 3.63) is 119 Å². The molecule has 0 spiro atoms. The first-order valence-electron chi connectivity index (χ1n) is 9.82. The molecule has 1 aliphatic heterocycles. The number of anilines is 4. The van der Waals surface area contributed by atoms with Crippen LogP contribution in [0.4, 0.5) is 22.7 Å². The van der Waals surface area contributed by atoms with Gasteiger partial charge in [-0.2, -0.15) is 0 Å². The molecule has 0 amide bonds. The number of halogens is 1. The summed E-state index contributed by atoms with van der Waals surface area (Å²) in [6.45, 7) is 0.873. The topological polar surface area (TPSA) is 6.48 Å². The molecule has 4 aromatic rings. The molecule has 1 atom stereocenters. The van der Waals surface area contributed by atoms with Gasteiger partial charge < -0.3 is 9.80 Å². The minimum atomic E-state index is 0.195. The number of hydrogen-bond donors (Lipinski definition) is 0. The maximum atomic E-state index is 3.58. The second-order valence-corrected chi connectivity index (χ2v) is 8.12. The largest absolute Gasteiger partial charge is 0.337 e. The van der Waals surface area contributed by atoms with Gasteiger partial charge in [0, 0.05) is 22.4 Å². The molecule has 29 heavy (non-hydrogen) atoms. The summed E-state index contributed by atoms with van der Waals surface area (Å²) in [5, 5.41) is 0. The molecule has 0 saturated carbocycles. The molecule has 1 heterocycles. The molecule has 3 heteroatoms. The number of rotatable bonds is 3. The lowest BCUT2D eigenvalue weighted by Gasteiger charge is -2.45. The van der Waals surface area contributed by atoms with E-state index >= 15 is 0 Å². The van der Waals surface area contributed by atoms with Gasteiger partial charge in [-0.05, 0) is 54.1 Å². The quantitative estimate of drug-likeness (QED) is 0.325. The van der Waals surface area contributed by atoms with Crippen molar-refractivity contribution in [1.82, 2.24) is 0 Å². The first kappa shape index (κ1) is 18.0. The summed E-state index contributed by atoms with van der Waals surface area (Å²) in [6.07, 6.45) is 0. The van der Waals surface area contributed by atoms with E-state index in [9.17, 15) is 0 Å². The summed E-state index contributed by atoms with van der Waals surface area (Å²) in [5.41, 5.74) is 6.18. The molecule has 0 fully saturated rings. The van der Waals surface area contributed by atoms with Crippen molar-refractivity contribution in [2.75, 3.05) is 16.3 Å². The van der Waals surface area contributed by atoms with Crippen LogP contribution in [0.2, 0.25) is 0 Å². The van der Waals surface area contributed by atoms with Crippen LogP contribution >= 0.6 is 15.9 Å². The van der Waals surface area contributed by atoms with E-state index in [0.717, 1.165) is 11.0 Å². The van der Waals surface area contributed by atoms with Gasteiger partial charge in [0.15, 0.2) is 0 Å². The molecular weight excluding hydrogens is 420 g/mol. The molecule has 0 bridgehead atoms. The summed E-state index contributed by atoms with van der Waals surface area (Å²) in [6, 6.07) is 38.9. The Balaban J connectivity index is 1.70. The van der Waals surface area contributed by atoms with Gasteiger partial charge in [-0.25, -0.2) is 0 Å². The summed E-state index contributed by atoms with van der Waals surface area (Å²) >= 11 is 3.58. The van der Waals surface area contributed by atoms with Crippen LogP contribution in [0.25, 0.3) is 0 Å². The fraction of sp³-hybridized carbons (Fsp3) is 0.0769. The van der Waals surface area contributed by atoms with E-state index in [1.807, 2.05) is 0 Å². The first-order valence-corrected chi connectivity index (χ1v) is 10.6. The smallest absolute Gasteiger partial charge is 0.0771 e. The van der Waals surface area contributed by atoms with Gasteiger partial charge in [0.25, 0.3) is 0 Å². The predicted molar refractivity (Wildman–Crippen MR) is 125 cm³/mol. The molecule has 1 unspecified atom stereocenters. The second-order valence-electron chi connectivity index (χ2n) is 7.21. The SMILES string of the molecule is Brc1ccc(C2CN(c3ccccc3)c3ccccc3N2c2ccccc2)cc1. The van der Waals surface area contributed by atoms with Gasteiger partial charge in [-0.1, -0.05) is 76.6 Å². The molecule has 0 aliphatic carbocycles. The molecule has 5 rings (SSSR count). The Morgan fingerprint density at radius 1 is 0.586 bits per heavy atom. The minimum Gasteiger partial charge on any atom is -0.337 e. The summed E-state index contributed by atoms with van der Waals surface area (Å²) in [7, 11) is 0. The lowest BCUT2D eigenvalue weighted by atomic mass is 9.98. The first-order chi connectivity index (χ1) is 14.3. The van der Waals surface area contributed by atoms with Crippen LogP contribution in [0.15, 0.2) is 114 Å². The molecule has 142 valence electrons. The average molecular weight is 441 g/mol. The van der Waals surface area contributed by atoms with Crippen molar-refractivity contribution in [2.45, 2.75) is 6.04 Å². The van der Waals surface area contributed by atoms with Crippen LogP contribution in [0.3, 0.4) is 0 Å². The lowest BCUT2D eigenvalue weighted by molar-refractivity contribution is 0.671. The van der Waals surface area contributed by atoms with Crippen LogP contribution in [-0.2, 0) is 0 Å². The van der Waals surface area contributed by atoms with E-state index in [2.05, 4.69) is 135 Å². The van der Waals surface area contributed by atoms with Crippen molar-refractivity contribution in [2.24, 2.45) is 0 Å². The molecule has 2 nitrogen and oxygen atoms in total. The molecule has 0 N–H and O–H groups in total. The molecule has 0 saturated heterocycles. The van der Waals surface area contributed by atoms with Crippen LogP contribution in [0.5, 0.6) is 0 Å². The van der Waals surface area contributed by atoms with Crippen molar-refractivity contribution in [3.63, 3.8) is 0 Å². The van der Waals surface area contributed by atoms with Crippen LogP contribution in [-0.4, -0.2) is 6.54 Å². The van der Waals surface area contributed by atoms with Gasteiger partial charge in [0.05, 0.1) is 17.4 Å². The maximum Gasteiger partial charge on any atom is 0.0771 e. The van der Waals surface area contributed by atoms with Gasteiger partial charge in [-0.3, -0.25) is 0 Å². The van der Waals surface area contributed by atoms with E-state index in [4.69, 9.17) is 0 Å². The van der Waals surface area contributed by atoms with Crippen LogP contribution < -0.4 is 9.80 Å². The normalized spacial score (nSPS) is 15.8. The number of hydrogen-bond acceptors (Lipinski definition) is 2. The Morgan fingerprint density at radius 2 is 1.14 bits per heavy atom. The molecule has 0 radical (unpaired) electrons. The van der Waals surface area contributed by atoms with E-state index < -0.39 is 0 Å². The minimum absolute atomic E-state index is 0.195. The zero-order chi connectivity index (χ0) is 19.6. The Kier molecular flexibility index (Phi) is 4.82. The Hall–Kier alpha value is -3.04. The summed E-state index contributed by atoms with van der Waals surface area (Å²) < 4.78 is 1.10. The van der Waals surface area contributed by atoms with Crippen LogP contribution in [0.1, 0.15) is 11.6 Å². The summed E-state index contributed by atoms with van der Waals surface area (Å²) in [5.74, 6) is 0. The zero-order valence-corrected chi connectivity index (χ0v) is 17.5. The Labute approximate surface area is 180 Å². The third kappa shape index (κ3) is 3.43. The highest BCUT2D eigenvalue weighted by Gasteiger charge is 2.33. The van der Waals surface area contributed by atoms with Crippen molar-refractivity contribution in [1.29, 1.82) is 0 Å². The van der Waals surface area contributed by atoms with Gasteiger partial charge in [0.1, 0.15) is 0 Å². The highest BCUT2D eigenvalue weighted by Crippen LogP contribution is 2.47. The van der Waals surface area contributed by atoms with Gasteiger partial charge in [0.2, 0.25) is 0 Å². The standard InChI is InChI=1S/C26H21BrN2/c27-21-17-15-20(16-18-21)26-19-28(22-9-3-1-4-10-22)24-13-7-8-14-25(24)29(26)23-11-5-2-6-12-23/h1-18,26H,19H2. The third-order valence-corrected chi connectivity index (χ3v) is 5.98. The summed E-state index contributed by atoms with van der Waals surface area (Å²) in [4.78, 5) is 4.90. The predicted octanol–water partition coefficient (Wildman–Crippen LogP) is 7.48. The Morgan fingerprint density at radius 3 is 1.79 bits per heavy atom. The molecule has 1 aliphatic rings. The second kappa shape index (κ2) is 7.76. The number of para-hydroxylation sites is 4. The van der Waals surface area contributed by atoms with Crippen molar-refractivity contribution in [3.8, 4) is 0 Å². The van der Waals surface area contributed by atoms with Crippen molar-refractivity contribution >= 4 is 38.7 Å². The molecular formula is C26H21BrN2. The number of fused-ring (bicyclic) bond motifs is 1. The highest BCUT2D eigenvalue weighted by atomic mass is 79.9. The van der Waals surface area contributed by atoms with E-state index in [-0.39, 0.29) is 6.04 Å². The fourth-order valence-corrected chi connectivity index (χ4v) is 4.38. The average Bonchev–Trinajstić information content (AvgIpc) is 2.80. The van der Waals surface area contributed by atoms with Gasteiger partial charge in [-0.15, -0.1) is 0 Å². The fourth-order valence-electron chi connectivity index (χ4n) is 4.12. The van der Waals surface area contributed by atoms with Gasteiger partial charge >= 0.3 is 0 Å². The monoisotopic (exact) mass is 440 g/mol. The third-order valence-electron chi connectivity index (χ3n) is 5.46. The zero-order valence-electron chi connectivity index (χ0n) is 15.9. The van der Waals surface area contributed by atoms with Crippen LogP contribution in [0, 0.1) is 0 Å². The highest BCUT2D eigenvalue weighted by molar-refractivity contribution is 9.10. The number of benzene rings is 4. The Bertz CT molecular complexity index is 1090. The number of nitrogens with zero attached hydrogens (tertiary/aromatic N) is 2.